The van der Waals surface area contributed by atoms with Crippen molar-refractivity contribution in [2.45, 2.75) is 17.9 Å². The maximum absolute atomic E-state index is 12.5. The lowest BCUT2D eigenvalue weighted by atomic mass is 10.1. The van der Waals surface area contributed by atoms with E-state index in [1.807, 2.05) is 6.92 Å². The van der Waals surface area contributed by atoms with E-state index >= 15 is 0 Å². The summed E-state index contributed by atoms with van der Waals surface area (Å²) in [5.41, 5.74) is 6.33. The summed E-state index contributed by atoms with van der Waals surface area (Å²) in [6, 6.07) is 9.67. The van der Waals surface area contributed by atoms with Crippen LogP contribution in [0.2, 0.25) is 5.02 Å². The first-order valence-electron chi connectivity index (χ1n) is 6.27. The van der Waals surface area contributed by atoms with Crippen LogP contribution in [0.15, 0.2) is 47.5 Å². The van der Waals surface area contributed by atoms with Crippen molar-refractivity contribution in [2.24, 2.45) is 0 Å². The Labute approximate surface area is 129 Å². The van der Waals surface area contributed by atoms with E-state index in [0.29, 0.717) is 5.02 Å². The Morgan fingerprint density at radius 3 is 2.33 bits per heavy atom. The van der Waals surface area contributed by atoms with Crippen LogP contribution in [0.3, 0.4) is 0 Å². The first-order valence-corrected chi connectivity index (χ1v) is 8.09. The van der Waals surface area contributed by atoms with E-state index in [9.17, 15) is 8.42 Å². The van der Waals surface area contributed by atoms with Crippen LogP contribution in [0.5, 0.6) is 0 Å². The molecule has 2 N–H and O–H groups in total. The minimum Gasteiger partial charge on any atom is -0.384 e. The standard InChI is InChI=1S/C14H16ClN3O2S/c1-10(11-3-5-12(15)6-4-11)18(2)21(19,20)13-7-8-14(16)17-9-13/h3-10H,1-2H3,(H2,16,17). The fourth-order valence-corrected chi connectivity index (χ4v) is 3.29. The van der Waals surface area contributed by atoms with E-state index in [1.165, 1.54) is 29.7 Å². The van der Waals surface area contributed by atoms with Crippen LogP contribution in [0.1, 0.15) is 18.5 Å². The second kappa shape index (κ2) is 6.01. The third kappa shape index (κ3) is 3.34. The molecule has 0 saturated heterocycles. The highest BCUT2D eigenvalue weighted by Gasteiger charge is 2.26. The second-order valence-corrected chi connectivity index (χ2v) is 7.10. The molecule has 0 saturated carbocycles. The molecular formula is C14H16ClN3O2S. The number of halogens is 1. The molecule has 1 atom stereocenters. The quantitative estimate of drug-likeness (QED) is 0.937. The highest BCUT2D eigenvalue weighted by molar-refractivity contribution is 7.89. The molecule has 0 spiro atoms. The number of nitrogens with zero attached hydrogens (tertiary/aromatic N) is 2. The maximum atomic E-state index is 12.5. The molecule has 2 rings (SSSR count). The topological polar surface area (TPSA) is 76.3 Å². The lowest BCUT2D eigenvalue weighted by Gasteiger charge is -2.24. The van der Waals surface area contributed by atoms with Crippen molar-refractivity contribution in [3.63, 3.8) is 0 Å². The van der Waals surface area contributed by atoms with Gasteiger partial charge in [-0.15, -0.1) is 0 Å². The minimum atomic E-state index is -3.63. The average molecular weight is 326 g/mol. The van der Waals surface area contributed by atoms with Gasteiger partial charge in [0.05, 0.1) is 0 Å². The van der Waals surface area contributed by atoms with Crippen LogP contribution in [-0.2, 0) is 10.0 Å². The summed E-state index contributed by atoms with van der Waals surface area (Å²) in [5, 5.41) is 0.610. The molecule has 0 aliphatic carbocycles. The number of sulfonamides is 1. The zero-order valence-electron chi connectivity index (χ0n) is 11.7. The van der Waals surface area contributed by atoms with Gasteiger partial charge in [0.25, 0.3) is 0 Å². The molecule has 21 heavy (non-hydrogen) atoms. The predicted octanol–water partition coefficient (Wildman–Crippen LogP) is 2.70. The van der Waals surface area contributed by atoms with Crippen LogP contribution in [0.25, 0.3) is 0 Å². The lowest BCUT2D eigenvalue weighted by Crippen LogP contribution is -2.29. The van der Waals surface area contributed by atoms with Crippen LogP contribution in [0, 0.1) is 0 Å². The molecule has 1 heterocycles. The number of nitrogens with two attached hydrogens (primary N) is 1. The van der Waals surface area contributed by atoms with E-state index in [2.05, 4.69) is 4.98 Å². The van der Waals surface area contributed by atoms with Crippen LogP contribution >= 0.6 is 11.6 Å². The Kier molecular flexibility index (Phi) is 4.51. The van der Waals surface area contributed by atoms with Crippen molar-refractivity contribution in [3.05, 3.63) is 53.2 Å². The smallest absolute Gasteiger partial charge is 0.244 e. The summed E-state index contributed by atoms with van der Waals surface area (Å²) >= 11 is 5.84. The highest BCUT2D eigenvalue weighted by Crippen LogP contribution is 2.26. The Morgan fingerprint density at radius 2 is 1.81 bits per heavy atom. The Balaban J connectivity index is 2.31. The fourth-order valence-electron chi connectivity index (χ4n) is 1.87. The monoisotopic (exact) mass is 325 g/mol. The Hall–Kier alpha value is -1.63. The number of hydrogen-bond acceptors (Lipinski definition) is 4. The van der Waals surface area contributed by atoms with Gasteiger partial charge in [0, 0.05) is 24.3 Å². The number of hydrogen-bond donors (Lipinski definition) is 1. The molecule has 2 aromatic rings. The molecule has 0 bridgehead atoms. The third-order valence-electron chi connectivity index (χ3n) is 3.33. The summed E-state index contributed by atoms with van der Waals surface area (Å²) < 4.78 is 26.4. The van der Waals surface area contributed by atoms with Gasteiger partial charge >= 0.3 is 0 Å². The third-order valence-corrected chi connectivity index (χ3v) is 5.50. The van der Waals surface area contributed by atoms with Gasteiger partial charge in [0.1, 0.15) is 10.7 Å². The van der Waals surface area contributed by atoms with E-state index in [0.717, 1.165) is 5.56 Å². The first kappa shape index (κ1) is 15.8. The van der Waals surface area contributed by atoms with Crippen LogP contribution < -0.4 is 5.73 Å². The molecule has 112 valence electrons. The van der Waals surface area contributed by atoms with Crippen LogP contribution in [0.4, 0.5) is 5.82 Å². The number of aromatic nitrogens is 1. The van der Waals surface area contributed by atoms with Gasteiger partial charge in [-0.05, 0) is 36.8 Å². The summed E-state index contributed by atoms with van der Waals surface area (Å²) in [4.78, 5) is 3.94. The lowest BCUT2D eigenvalue weighted by molar-refractivity contribution is 0.398. The Bertz CT molecular complexity index is 715. The molecule has 0 aliphatic rings. The predicted molar refractivity (Wildman–Crippen MR) is 83.5 cm³/mol. The van der Waals surface area contributed by atoms with Gasteiger partial charge in [-0.3, -0.25) is 0 Å². The van der Waals surface area contributed by atoms with E-state index in [-0.39, 0.29) is 16.8 Å². The zero-order valence-corrected chi connectivity index (χ0v) is 13.3. The molecule has 0 radical (unpaired) electrons. The van der Waals surface area contributed by atoms with E-state index in [4.69, 9.17) is 17.3 Å². The van der Waals surface area contributed by atoms with Crippen molar-refractivity contribution in [1.82, 2.24) is 9.29 Å². The van der Waals surface area contributed by atoms with Gasteiger partial charge in [0.15, 0.2) is 0 Å². The zero-order chi connectivity index (χ0) is 15.6. The minimum absolute atomic E-state index is 0.111. The number of benzene rings is 1. The van der Waals surface area contributed by atoms with Gasteiger partial charge in [-0.2, -0.15) is 4.31 Å². The normalized spacial score (nSPS) is 13.3. The second-order valence-electron chi connectivity index (χ2n) is 4.67. The fraction of sp³-hybridized carbons (Fsp3) is 0.214. The summed E-state index contributed by atoms with van der Waals surface area (Å²) in [6.45, 7) is 1.81. The molecular weight excluding hydrogens is 310 g/mol. The number of pyridine rings is 1. The van der Waals surface area contributed by atoms with Gasteiger partial charge < -0.3 is 5.73 Å². The molecule has 0 amide bonds. The Morgan fingerprint density at radius 1 is 1.19 bits per heavy atom. The largest absolute Gasteiger partial charge is 0.384 e. The first-order chi connectivity index (χ1) is 9.82. The van der Waals surface area contributed by atoms with Gasteiger partial charge in [-0.25, -0.2) is 13.4 Å². The molecule has 0 fully saturated rings. The summed E-state index contributed by atoms with van der Waals surface area (Å²) in [7, 11) is -2.10. The van der Waals surface area contributed by atoms with Gasteiger partial charge in [0.2, 0.25) is 10.0 Å². The van der Waals surface area contributed by atoms with Crippen molar-refractivity contribution in [1.29, 1.82) is 0 Å². The van der Waals surface area contributed by atoms with Crippen LogP contribution in [-0.4, -0.2) is 24.8 Å². The number of nitrogen functional groups attached to an aromatic ring is 1. The van der Waals surface area contributed by atoms with Gasteiger partial charge in [-0.1, -0.05) is 23.7 Å². The molecule has 5 nitrogen and oxygen atoms in total. The SMILES string of the molecule is CC(c1ccc(Cl)cc1)N(C)S(=O)(=O)c1ccc(N)nc1. The molecule has 1 aromatic heterocycles. The van der Waals surface area contributed by atoms with Crippen molar-refractivity contribution in [2.75, 3.05) is 12.8 Å². The molecule has 1 unspecified atom stereocenters. The maximum Gasteiger partial charge on any atom is 0.244 e. The summed E-state index contributed by atoms with van der Waals surface area (Å²) in [6.07, 6.45) is 1.26. The van der Waals surface area contributed by atoms with E-state index < -0.39 is 10.0 Å². The summed E-state index contributed by atoms with van der Waals surface area (Å²) in [5.74, 6) is 0.280. The number of anilines is 1. The molecule has 0 aliphatic heterocycles. The average Bonchev–Trinajstić information content (AvgIpc) is 2.47. The molecule has 7 heteroatoms. The van der Waals surface area contributed by atoms with E-state index in [1.54, 1.807) is 24.3 Å². The highest BCUT2D eigenvalue weighted by atomic mass is 35.5. The van der Waals surface area contributed by atoms with Crippen molar-refractivity contribution < 1.29 is 8.42 Å². The van der Waals surface area contributed by atoms with Crippen molar-refractivity contribution >= 4 is 27.4 Å². The number of rotatable bonds is 4. The van der Waals surface area contributed by atoms with Crippen molar-refractivity contribution in [3.8, 4) is 0 Å². The molecule has 1 aromatic carbocycles.